The number of unbranched alkanes of at least 4 members (excludes halogenated alkanes) is 1. The maximum Gasteiger partial charge on any atom is 0.410 e. The molecule has 0 unspecified atom stereocenters. The minimum Gasteiger partial charge on any atom is -0.479 e. The van der Waals surface area contributed by atoms with Crippen LogP contribution in [0.1, 0.15) is 24.8 Å². The molecule has 28 heavy (non-hydrogen) atoms. The standard InChI is InChI=1S/C19H26N2O7/c22-17(23)16(28-19(25)21-10-12-26-13-11-21)8-4-5-9-20-18(24)27-14-15-6-2-1-3-7-15/h1-3,6-7,16H,4-5,8-14H2,(H,20,24)(H,22,23)/t16-/m0/s1. The molecule has 1 aromatic rings. The van der Waals surface area contributed by atoms with Gasteiger partial charge < -0.3 is 29.5 Å². The van der Waals surface area contributed by atoms with Gasteiger partial charge in [0, 0.05) is 19.6 Å². The van der Waals surface area contributed by atoms with Crippen LogP contribution in [0.15, 0.2) is 30.3 Å². The first-order chi connectivity index (χ1) is 13.6. The molecule has 0 radical (unpaired) electrons. The number of rotatable bonds is 9. The molecule has 1 saturated heterocycles. The number of carboxylic acids is 1. The SMILES string of the molecule is O=C(NCCCC[C@H](OC(=O)N1CCOCC1)C(=O)O)OCc1ccccc1. The Balaban J connectivity index is 1.59. The highest BCUT2D eigenvalue weighted by molar-refractivity contribution is 5.77. The van der Waals surface area contributed by atoms with Gasteiger partial charge >= 0.3 is 18.2 Å². The highest BCUT2D eigenvalue weighted by Crippen LogP contribution is 2.09. The van der Waals surface area contributed by atoms with Crippen LogP contribution in [-0.2, 0) is 25.6 Å². The Morgan fingerprint density at radius 1 is 1.14 bits per heavy atom. The average molecular weight is 394 g/mol. The predicted molar refractivity (Wildman–Crippen MR) is 98.8 cm³/mol. The molecule has 0 bridgehead atoms. The highest BCUT2D eigenvalue weighted by Gasteiger charge is 2.26. The van der Waals surface area contributed by atoms with E-state index in [4.69, 9.17) is 14.2 Å². The van der Waals surface area contributed by atoms with Crippen molar-refractivity contribution in [1.29, 1.82) is 0 Å². The first kappa shape index (κ1) is 21.5. The fourth-order valence-corrected chi connectivity index (χ4v) is 2.59. The third-order valence-corrected chi connectivity index (χ3v) is 4.16. The van der Waals surface area contributed by atoms with Crippen molar-refractivity contribution in [2.45, 2.75) is 32.0 Å². The summed E-state index contributed by atoms with van der Waals surface area (Å²) < 4.78 is 15.3. The van der Waals surface area contributed by atoms with Gasteiger partial charge in [-0.1, -0.05) is 30.3 Å². The van der Waals surface area contributed by atoms with Gasteiger partial charge in [-0.2, -0.15) is 0 Å². The number of hydrogen-bond acceptors (Lipinski definition) is 6. The molecule has 1 aliphatic heterocycles. The number of amides is 2. The molecule has 9 heteroatoms. The fraction of sp³-hybridized carbons (Fsp3) is 0.526. The van der Waals surface area contributed by atoms with Crippen LogP contribution in [-0.4, -0.2) is 67.1 Å². The normalized spacial score (nSPS) is 14.8. The third kappa shape index (κ3) is 7.83. The number of morpholine rings is 1. The van der Waals surface area contributed by atoms with Gasteiger partial charge in [-0.15, -0.1) is 0 Å². The van der Waals surface area contributed by atoms with E-state index in [1.807, 2.05) is 30.3 Å². The maximum atomic E-state index is 12.0. The molecule has 2 rings (SSSR count). The van der Waals surface area contributed by atoms with E-state index < -0.39 is 24.3 Å². The van der Waals surface area contributed by atoms with Crippen molar-refractivity contribution in [3.63, 3.8) is 0 Å². The van der Waals surface area contributed by atoms with Crippen LogP contribution in [0.2, 0.25) is 0 Å². The maximum absolute atomic E-state index is 12.0. The van der Waals surface area contributed by atoms with Crippen molar-refractivity contribution in [3.8, 4) is 0 Å². The molecular formula is C19H26N2O7. The molecule has 0 spiro atoms. The van der Waals surface area contributed by atoms with Gasteiger partial charge in [0.25, 0.3) is 0 Å². The molecule has 1 aromatic carbocycles. The van der Waals surface area contributed by atoms with Gasteiger partial charge in [-0.3, -0.25) is 0 Å². The smallest absolute Gasteiger partial charge is 0.410 e. The van der Waals surface area contributed by atoms with E-state index in [1.165, 1.54) is 4.90 Å². The number of benzene rings is 1. The molecule has 1 aliphatic rings. The number of nitrogens with one attached hydrogen (secondary N) is 1. The lowest BCUT2D eigenvalue weighted by Gasteiger charge is -2.27. The largest absolute Gasteiger partial charge is 0.479 e. The monoisotopic (exact) mass is 394 g/mol. The van der Waals surface area contributed by atoms with E-state index >= 15 is 0 Å². The number of carboxylic acid groups (broad SMARTS) is 1. The van der Waals surface area contributed by atoms with Crippen LogP contribution >= 0.6 is 0 Å². The van der Waals surface area contributed by atoms with Crippen LogP contribution in [0.5, 0.6) is 0 Å². The minimum atomic E-state index is -1.21. The molecule has 154 valence electrons. The lowest BCUT2D eigenvalue weighted by molar-refractivity contribution is -0.148. The van der Waals surface area contributed by atoms with E-state index in [0.717, 1.165) is 5.56 Å². The van der Waals surface area contributed by atoms with Crippen molar-refractivity contribution in [2.24, 2.45) is 0 Å². The molecule has 1 atom stereocenters. The van der Waals surface area contributed by atoms with Crippen molar-refractivity contribution in [2.75, 3.05) is 32.8 Å². The summed E-state index contributed by atoms with van der Waals surface area (Å²) in [6, 6.07) is 9.32. The molecule has 0 aromatic heterocycles. The minimum absolute atomic E-state index is 0.173. The fourth-order valence-electron chi connectivity index (χ4n) is 2.59. The van der Waals surface area contributed by atoms with Gasteiger partial charge in [0.1, 0.15) is 6.61 Å². The highest BCUT2D eigenvalue weighted by atomic mass is 16.6. The summed E-state index contributed by atoms with van der Waals surface area (Å²) in [6.45, 7) is 2.14. The van der Waals surface area contributed by atoms with Gasteiger partial charge in [0.05, 0.1) is 13.2 Å². The van der Waals surface area contributed by atoms with Crippen molar-refractivity contribution in [1.82, 2.24) is 10.2 Å². The van der Waals surface area contributed by atoms with Gasteiger partial charge in [-0.05, 0) is 24.8 Å². The van der Waals surface area contributed by atoms with E-state index in [1.54, 1.807) is 0 Å². The number of hydrogen-bond donors (Lipinski definition) is 2. The zero-order chi connectivity index (χ0) is 20.2. The molecule has 1 fully saturated rings. The predicted octanol–water partition coefficient (Wildman–Crippen LogP) is 2.01. The molecule has 9 nitrogen and oxygen atoms in total. The summed E-state index contributed by atoms with van der Waals surface area (Å²) in [6.07, 6.45) is -1.19. The summed E-state index contributed by atoms with van der Waals surface area (Å²) in [4.78, 5) is 36.4. The second-order valence-electron chi connectivity index (χ2n) is 6.29. The van der Waals surface area contributed by atoms with E-state index in [0.29, 0.717) is 45.7 Å². The zero-order valence-electron chi connectivity index (χ0n) is 15.7. The first-order valence-corrected chi connectivity index (χ1v) is 9.27. The zero-order valence-corrected chi connectivity index (χ0v) is 15.7. The number of nitrogens with zero attached hydrogens (tertiary/aromatic N) is 1. The number of aliphatic carboxylic acids is 1. The second kappa shape index (κ2) is 11.8. The van der Waals surface area contributed by atoms with Gasteiger partial charge in [-0.25, -0.2) is 14.4 Å². The Morgan fingerprint density at radius 2 is 1.86 bits per heavy atom. The van der Waals surface area contributed by atoms with E-state index in [-0.39, 0.29) is 13.0 Å². The van der Waals surface area contributed by atoms with Crippen LogP contribution in [0.25, 0.3) is 0 Å². The Morgan fingerprint density at radius 3 is 2.54 bits per heavy atom. The molecule has 0 saturated carbocycles. The van der Waals surface area contributed by atoms with Crippen LogP contribution in [0.4, 0.5) is 9.59 Å². The Bertz CT molecular complexity index is 632. The summed E-state index contributed by atoms with van der Waals surface area (Å²) in [5.41, 5.74) is 0.893. The van der Waals surface area contributed by atoms with E-state index in [9.17, 15) is 19.5 Å². The summed E-state index contributed by atoms with van der Waals surface area (Å²) in [5, 5.41) is 11.8. The van der Waals surface area contributed by atoms with Gasteiger partial charge in [0.2, 0.25) is 6.10 Å². The topological polar surface area (TPSA) is 114 Å². The van der Waals surface area contributed by atoms with Crippen molar-refractivity contribution in [3.05, 3.63) is 35.9 Å². The number of carbonyl (C=O) groups is 3. The number of carbonyl (C=O) groups excluding carboxylic acids is 2. The number of ether oxygens (including phenoxy) is 3. The van der Waals surface area contributed by atoms with Crippen LogP contribution < -0.4 is 5.32 Å². The second-order valence-corrected chi connectivity index (χ2v) is 6.29. The third-order valence-electron chi connectivity index (χ3n) is 4.16. The van der Waals surface area contributed by atoms with Gasteiger partial charge in [0.15, 0.2) is 0 Å². The Hall–Kier alpha value is -2.81. The molecule has 0 aliphatic carbocycles. The van der Waals surface area contributed by atoms with Crippen molar-refractivity contribution >= 4 is 18.2 Å². The van der Waals surface area contributed by atoms with Crippen LogP contribution in [0, 0.1) is 0 Å². The van der Waals surface area contributed by atoms with E-state index in [2.05, 4.69) is 5.32 Å². The lowest BCUT2D eigenvalue weighted by Crippen LogP contribution is -2.43. The summed E-state index contributed by atoms with van der Waals surface area (Å²) in [7, 11) is 0. The Kier molecular flexibility index (Phi) is 9.06. The van der Waals surface area contributed by atoms with Crippen molar-refractivity contribution < 1.29 is 33.7 Å². The molecular weight excluding hydrogens is 368 g/mol. The quantitative estimate of drug-likeness (QED) is 0.616. The molecule has 1 heterocycles. The van der Waals surface area contributed by atoms with Crippen LogP contribution in [0.3, 0.4) is 0 Å². The number of alkyl carbamates (subject to hydrolysis) is 1. The molecule has 2 amide bonds. The average Bonchev–Trinajstić information content (AvgIpc) is 2.72. The Labute approximate surface area is 163 Å². The summed E-state index contributed by atoms with van der Waals surface area (Å²) >= 11 is 0. The first-order valence-electron chi connectivity index (χ1n) is 9.27. The lowest BCUT2D eigenvalue weighted by atomic mass is 10.1. The summed E-state index contributed by atoms with van der Waals surface area (Å²) in [5.74, 6) is -1.18. The molecule has 2 N–H and O–H groups in total.